The van der Waals surface area contributed by atoms with Crippen molar-refractivity contribution in [3.63, 3.8) is 0 Å². The number of carbonyl (C=O) groups excluding carboxylic acids is 3. The molecule has 2 saturated heterocycles. The van der Waals surface area contributed by atoms with Gasteiger partial charge in [0, 0.05) is 41.8 Å². The van der Waals surface area contributed by atoms with Crippen LogP contribution < -0.4 is 0 Å². The van der Waals surface area contributed by atoms with E-state index >= 15 is 0 Å². The average Bonchev–Trinajstić information content (AvgIpc) is 3.15. The molecular formula is C24H30O5S. The van der Waals surface area contributed by atoms with Crippen molar-refractivity contribution in [3.05, 3.63) is 11.6 Å². The number of ketones is 1. The van der Waals surface area contributed by atoms with Crippen molar-refractivity contribution < 1.29 is 23.9 Å². The highest BCUT2D eigenvalue weighted by molar-refractivity contribution is 8.14. The number of rotatable bonds is 1. The van der Waals surface area contributed by atoms with Crippen molar-refractivity contribution in [1.82, 2.24) is 0 Å². The summed E-state index contributed by atoms with van der Waals surface area (Å²) in [6.45, 7) is 6.27. The molecule has 162 valence electrons. The Balaban J connectivity index is 1.47. The third-order valence-electron chi connectivity index (χ3n) is 9.97. The van der Waals surface area contributed by atoms with E-state index in [0.717, 1.165) is 38.5 Å². The van der Waals surface area contributed by atoms with Crippen LogP contribution >= 0.6 is 11.8 Å². The second-order valence-corrected chi connectivity index (χ2v) is 12.4. The van der Waals surface area contributed by atoms with Gasteiger partial charge in [-0.1, -0.05) is 31.2 Å². The molecule has 5 nitrogen and oxygen atoms in total. The zero-order valence-electron chi connectivity index (χ0n) is 18.0. The van der Waals surface area contributed by atoms with Crippen LogP contribution in [0.3, 0.4) is 0 Å². The summed E-state index contributed by atoms with van der Waals surface area (Å²) in [4.78, 5) is 36.6. The average molecular weight is 431 g/mol. The van der Waals surface area contributed by atoms with Crippen molar-refractivity contribution >= 4 is 28.6 Å². The molecule has 6 rings (SSSR count). The molecule has 0 aromatic heterocycles. The molecule has 30 heavy (non-hydrogen) atoms. The Labute approximate surface area is 181 Å². The molecule has 2 aliphatic heterocycles. The maximum Gasteiger partial charge on any atom is 0.306 e. The van der Waals surface area contributed by atoms with Gasteiger partial charge in [0.25, 0.3) is 0 Å². The first-order valence-corrected chi connectivity index (χ1v) is 12.3. The topological polar surface area (TPSA) is 73.0 Å². The minimum Gasteiger partial charge on any atom is -0.458 e. The molecule has 4 aliphatic carbocycles. The summed E-state index contributed by atoms with van der Waals surface area (Å²) in [6, 6.07) is 0. The van der Waals surface area contributed by atoms with Gasteiger partial charge in [0.1, 0.15) is 11.2 Å². The highest BCUT2D eigenvalue weighted by atomic mass is 32.2. The first-order chi connectivity index (χ1) is 14.2. The smallest absolute Gasteiger partial charge is 0.306 e. The summed E-state index contributed by atoms with van der Waals surface area (Å²) in [7, 11) is 0. The Bertz CT molecular complexity index is 911. The van der Waals surface area contributed by atoms with Gasteiger partial charge in [0.2, 0.25) is 0 Å². The van der Waals surface area contributed by atoms with Crippen LogP contribution in [0, 0.1) is 22.7 Å². The fourth-order valence-electron chi connectivity index (χ4n) is 8.57. The number of hydrogen-bond acceptors (Lipinski definition) is 6. The molecular weight excluding hydrogens is 400 g/mol. The van der Waals surface area contributed by atoms with Crippen LogP contribution in [0.15, 0.2) is 11.6 Å². The molecule has 0 radical (unpaired) electrons. The number of ether oxygens (including phenoxy) is 2. The van der Waals surface area contributed by atoms with Gasteiger partial charge >= 0.3 is 5.97 Å². The molecule has 0 amide bonds. The van der Waals surface area contributed by atoms with Gasteiger partial charge in [-0.3, -0.25) is 14.4 Å². The van der Waals surface area contributed by atoms with Gasteiger partial charge in [0.05, 0.1) is 6.10 Å². The fourth-order valence-corrected chi connectivity index (χ4v) is 9.80. The standard InChI is InChI=1S/C24H30O5S/c1-13(25)30-17-11-14-10-15(26)4-7-21(14,2)24-18(28-24)12-22(3)16(20(17)24)5-8-23(22)9-6-19(27)29-23/h10,16-18,20H,4-9,11-12H2,1-3H3/t16?,17?,18-,20?,21?,22?,23-,24-/m1/s1. The molecule has 0 bridgehead atoms. The van der Waals surface area contributed by atoms with Crippen molar-refractivity contribution in [1.29, 1.82) is 0 Å². The van der Waals surface area contributed by atoms with Crippen molar-refractivity contribution in [3.8, 4) is 0 Å². The second kappa shape index (κ2) is 5.80. The van der Waals surface area contributed by atoms with Crippen molar-refractivity contribution in [2.45, 2.75) is 94.7 Å². The minimum absolute atomic E-state index is 0.0632. The lowest BCUT2D eigenvalue weighted by atomic mass is 9.46. The summed E-state index contributed by atoms with van der Waals surface area (Å²) in [5, 5.41) is 0.251. The first kappa shape index (κ1) is 19.5. The van der Waals surface area contributed by atoms with Crippen molar-refractivity contribution in [2.75, 3.05) is 0 Å². The predicted octanol–water partition coefficient (Wildman–Crippen LogP) is 3.98. The Morgan fingerprint density at radius 2 is 1.97 bits per heavy atom. The van der Waals surface area contributed by atoms with Gasteiger partial charge < -0.3 is 9.47 Å². The lowest BCUT2D eigenvalue weighted by Gasteiger charge is -2.58. The van der Waals surface area contributed by atoms with E-state index in [2.05, 4.69) is 13.8 Å². The van der Waals surface area contributed by atoms with Gasteiger partial charge in [0.15, 0.2) is 10.9 Å². The van der Waals surface area contributed by atoms with Gasteiger partial charge in [-0.05, 0) is 50.5 Å². The number of thioether (sulfide) groups is 1. The summed E-state index contributed by atoms with van der Waals surface area (Å²) in [6.07, 6.45) is 8.38. The molecule has 8 atom stereocenters. The van der Waals surface area contributed by atoms with Gasteiger partial charge in [-0.25, -0.2) is 0 Å². The van der Waals surface area contributed by atoms with E-state index in [4.69, 9.17) is 9.47 Å². The third kappa shape index (κ3) is 2.13. The fraction of sp³-hybridized carbons (Fsp3) is 0.792. The number of carbonyl (C=O) groups is 3. The van der Waals surface area contributed by atoms with E-state index in [9.17, 15) is 14.4 Å². The van der Waals surface area contributed by atoms with Crippen LogP contribution in [0.2, 0.25) is 0 Å². The van der Waals surface area contributed by atoms with E-state index in [1.807, 2.05) is 6.08 Å². The number of fused-ring (bicyclic) bond motifs is 4. The zero-order valence-corrected chi connectivity index (χ0v) is 18.8. The van der Waals surface area contributed by atoms with E-state index in [0.29, 0.717) is 18.8 Å². The normalized spacial score (nSPS) is 53.4. The molecule has 6 aliphatic rings. The molecule has 5 fully saturated rings. The number of hydrogen-bond donors (Lipinski definition) is 0. The number of esters is 1. The maximum atomic E-state index is 12.3. The van der Waals surface area contributed by atoms with Crippen LogP contribution in [0.1, 0.15) is 72.1 Å². The first-order valence-electron chi connectivity index (χ1n) is 11.5. The third-order valence-corrected chi connectivity index (χ3v) is 11.1. The SMILES string of the molecule is CC(=O)SC1CC2=CC(=O)CCC2(C)[C@@]23O[C@@H]2CC2(C)C(CC[C@@]24CCC(=O)O4)C13. The Morgan fingerprint density at radius 1 is 1.17 bits per heavy atom. The molecule has 0 aromatic rings. The molecule has 2 heterocycles. The van der Waals surface area contributed by atoms with Gasteiger partial charge in [-0.15, -0.1) is 0 Å². The van der Waals surface area contributed by atoms with E-state index in [-0.39, 0.29) is 56.2 Å². The molecule has 3 saturated carbocycles. The quantitative estimate of drug-likeness (QED) is 0.463. The Morgan fingerprint density at radius 3 is 2.67 bits per heavy atom. The highest BCUT2D eigenvalue weighted by Gasteiger charge is 2.83. The monoisotopic (exact) mass is 430 g/mol. The van der Waals surface area contributed by atoms with Crippen LogP contribution in [-0.4, -0.2) is 39.4 Å². The van der Waals surface area contributed by atoms with Crippen LogP contribution in [-0.2, 0) is 23.9 Å². The molecule has 0 N–H and O–H groups in total. The van der Waals surface area contributed by atoms with E-state index in [1.54, 1.807) is 6.92 Å². The summed E-state index contributed by atoms with van der Waals surface area (Å²) in [5.41, 5.74) is 0.320. The Kier molecular flexibility index (Phi) is 3.78. The molecule has 6 heteroatoms. The molecule has 5 unspecified atom stereocenters. The minimum atomic E-state index is -0.363. The highest BCUT2D eigenvalue weighted by Crippen LogP contribution is 2.78. The predicted molar refractivity (Wildman–Crippen MR) is 112 cm³/mol. The second-order valence-electron chi connectivity index (χ2n) is 11.0. The lowest BCUT2D eigenvalue weighted by Crippen LogP contribution is -2.63. The Hall–Kier alpha value is -1.14. The summed E-state index contributed by atoms with van der Waals surface area (Å²) < 4.78 is 12.8. The summed E-state index contributed by atoms with van der Waals surface area (Å²) in [5.74, 6) is 0.769. The van der Waals surface area contributed by atoms with Crippen LogP contribution in [0.5, 0.6) is 0 Å². The van der Waals surface area contributed by atoms with E-state index < -0.39 is 0 Å². The van der Waals surface area contributed by atoms with Gasteiger partial charge in [-0.2, -0.15) is 0 Å². The number of epoxide rings is 1. The molecule has 2 spiro atoms. The van der Waals surface area contributed by atoms with Crippen LogP contribution in [0.25, 0.3) is 0 Å². The van der Waals surface area contributed by atoms with Crippen molar-refractivity contribution in [2.24, 2.45) is 22.7 Å². The lowest BCUT2D eigenvalue weighted by molar-refractivity contribution is -0.164. The van der Waals surface area contributed by atoms with E-state index in [1.165, 1.54) is 17.3 Å². The molecule has 0 aromatic carbocycles. The largest absolute Gasteiger partial charge is 0.458 e. The zero-order chi connectivity index (χ0) is 21.1. The van der Waals surface area contributed by atoms with Crippen LogP contribution in [0.4, 0.5) is 0 Å². The maximum absolute atomic E-state index is 12.3. The summed E-state index contributed by atoms with van der Waals surface area (Å²) >= 11 is 1.44.